The summed E-state index contributed by atoms with van der Waals surface area (Å²) in [7, 11) is 0. The Balaban J connectivity index is 0.000000526. The second kappa shape index (κ2) is 20.8. The Bertz CT molecular complexity index is 1400. The van der Waals surface area contributed by atoms with Crippen molar-refractivity contribution in [3.05, 3.63) is 100 Å². The summed E-state index contributed by atoms with van der Waals surface area (Å²) in [4.78, 5) is 21.4. The van der Waals surface area contributed by atoms with Gasteiger partial charge >= 0.3 is 0 Å². The summed E-state index contributed by atoms with van der Waals surface area (Å²) in [5.41, 5.74) is 1.94. The lowest BCUT2D eigenvalue weighted by molar-refractivity contribution is -0.119. The number of nitrogens with zero attached hydrogens (tertiary/aromatic N) is 3. The molecule has 1 aliphatic rings. The van der Waals surface area contributed by atoms with Gasteiger partial charge in [-0.25, -0.2) is 0 Å². The molecule has 1 saturated carbocycles. The van der Waals surface area contributed by atoms with Gasteiger partial charge < -0.3 is 20.5 Å². The highest BCUT2D eigenvalue weighted by atomic mass is 35.5. The Kier molecular flexibility index (Phi) is 17.1. The Morgan fingerprint density at radius 2 is 1.43 bits per heavy atom. The second-order valence-electron chi connectivity index (χ2n) is 10.0. The first-order chi connectivity index (χ1) is 21.4. The number of hydrogen-bond donors (Lipinski definition) is 3. The van der Waals surface area contributed by atoms with Crippen molar-refractivity contribution < 1.29 is 4.79 Å². The van der Waals surface area contributed by atoms with Gasteiger partial charge in [0.25, 0.3) is 0 Å². The maximum absolute atomic E-state index is 12.3. The van der Waals surface area contributed by atoms with Crippen molar-refractivity contribution in [2.75, 3.05) is 17.2 Å². The van der Waals surface area contributed by atoms with Gasteiger partial charge in [-0.3, -0.25) is 4.79 Å². The molecule has 9 heteroatoms. The standard InChI is InChI=1S/C24H22Cl2N6O.C7H14.C2H6.C2H2/c25-19-7-3-5-17(11-19)14-28-23(33)16-27-21-13-22(32-9-1-2-10-32)31-24(30-21)29-15-18-6-4-8-20(26)12-18;1-7-5-3-2-4-6-7;2*1-2/h1-13H,14-16H2,(H,28,33)(H2,27,29,30,31);7H,2-6H2,1H3;1-2H3;1-2H. The number of anilines is 2. The van der Waals surface area contributed by atoms with Crippen molar-refractivity contribution in [3.8, 4) is 18.7 Å². The smallest absolute Gasteiger partial charge is 0.239 e. The van der Waals surface area contributed by atoms with Gasteiger partial charge in [-0.2, -0.15) is 9.97 Å². The summed E-state index contributed by atoms with van der Waals surface area (Å²) in [5.74, 6) is 2.51. The van der Waals surface area contributed by atoms with E-state index in [1.165, 1.54) is 32.1 Å². The summed E-state index contributed by atoms with van der Waals surface area (Å²) >= 11 is 12.1. The van der Waals surface area contributed by atoms with E-state index in [0.717, 1.165) is 17.0 Å². The molecule has 234 valence electrons. The van der Waals surface area contributed by atoms with Crippen molar-refractivity contribution >= 4 is 40.9 Å². The van der Waals surface area contributed by atoms with E-state index in [2.05, 4.69) is 45.7 Å². The molecule has 2 heterocycles. The van der Waals surface area contributed by atoms with Crippen molar-refractivity contribution in [2.45, 2.75) is 66.0 Å². The lowest BCUT2D eigenvalue weighted by Crippen LogP contribution is -2.29. The monoisotopic (exact) mass is 634 g/mol. The van der Waals surface area contributed by atoms with Crippen LogP contribution in [0.4, 0.5) is 11.8 Å². The molecule has 1 fully saturated rings. The van der Waals surface area contributed by atoms with Crippen LogP contribution in [-0.2, 0) is 17.9 Å². The lowest BCUT2D eigenvalue weighted by Gasteiger charge is -2.15. The molecule has 4 aromatic rings. The predicted molar refractivity (Wildman–Crippen MR) is 185 cm³/mol. The zero-order valence-corrected chi connectivity index (χ0v) is 27.4. The molecule has 0 radical (unpaired) electrons. The van der Waals surface area contributed by atoms with Crippen LogP contribution in [0.1, 0.15) is 64.0 Å². The van der Waals surface area contributed by atoms with E-state index in [1.54, 1.807) is 12.1 Å². The van der Waals surface area contributed by atoms with E-state index in [9.17, 15) is 4.79 Å². The molecule has 2 aromatic carbocycles. The first kappa shape index (κ1) is 36.2. The quantitative estimate of drug-likeness (QED) is 0.160. The van der Waals surface area contributed by atoms with Gasteiger partial charge in [-0.05, 0) is 53.4 Å². The van der Waals surface area contributed by atoms with Gasteiger partial charge in [-0.1, -0.05) is 100 Å². The van der Waals surface area contributed by atoms with Crippen LogP contribution in [0, 0.1) is 18.8 Å². The van der Waals surface area contributed by atoms with Crippen LogP contribution in [0.5, 0.6) is 0 Å². The molecule has 0 aliphatic heterocycles. The highest BCUT2D eigenvalue weighted by Crippen LogP contribution is 2.22. The minimum atomic E-state index is -0.162. The van der Waals surface area contributed by atoms with E-state index in [-0.39, 0.29) is 12.5 Å². The molecule has 0 unspecified atom stereocenters. The van der Waals surface area contributed by atoms with Crippen LogP contribution in [-0.4, -0.2) is 27.0 Å². The zero-order chi connectivity index (χ0) is 32.2. The third-order valence-electron chi connectivity index (χ3n) is 6.62. The van der Waals surface area contributed by atoms with Crippen LogP contribution in [0.2, 0.25) is 10.0 Å². The predicted octanol–water partition coefficient (Wildman–Crippen LogP) is 8.78. The number of carbonyl (C=O) groups excluding carboxylic acids is 1. The molecule has 7 nitrogen and oxygen atoms in total. The summed E-state index contributed by atoms with van der Waals surface area (Å²) in [6.45, 7) is 7.33. The Labute approximate surface area is 272 Å². The summed E-state index contributed by atoms with van der Waals surface area (Å²) in [6, 6.07) is 20.6. The summed E-state index contributed by atoms with van der Waals surface area (Å²) in [6.07, 6.45) is 19.2. The molecular formula is C35H44Cl2N6O. The third kappa shape index (κ3) is 13.5. The fourth-order valence-electron chi connectivity index (χ4n) is 4.44. The van der Waals surface area contributed by atoms with Crippen LogP contribution in [0.25, 0.3) is 5.82 Å². The highest BCUT2D eigenvalue weighted by Gasteiger charge is 2.09. The van der Waals surface area contributed by atoms with Crippen LogP contribution in [0.15, 0.2) is 79.1 Å². The molecule has 0 spiro atoms. The number of hydrogen-bond acceptors (Lipinski definition) is 5. The molecule has 2 aromatic heterocycles. The number of aromatic nitrogens is 3. The zero-order valence-electron chi connectivity index (χ0n) is 25.9. The number of benzene rings is 2. The summed E-state index contributed by atoms with van der Waals surface area (Å²) < 4.78 is 1.87. The van der Waals surface area contributed by atoms with Gasteiger partial charge in [0.2, 0.25) is 11.9 Å². The van der Waals surface area contributed by atoms with Crippen molar-refractivity contribution in [1.82, 2.24) is 19.9 Å². The number of carbonyl (C=O) groups is 1. The van der Waals surface area contributed by atoms with Crippen molar-refractivity contribution in [3.63, 3.8) is 0 Å². The van der Waals surface area contributed by atoms with E-state index in [0.29, 0.717) is 40.7 Å². The second-order valence-corrected chi connectivity index (χ2v) is 10.9. The lowest BCUT2D eigenvalue weighted by atomic mass is 9.91. The van der Waals surface area contributed by atoms with Crippen molar-refractivity contribution in [1.29, 1.82) is 0 Å². The number of halogens is 2. The number of terminal acetylenes is 1. The van der Waals surface area contributed by atoms with E-state index >= 15 is 0 Å². The minimum Gasteiger partial charge on any atom is -0.361 e. The SMILES string of the molecule is C#C.CC.CC1CCCCC1.O=C(CNc1cc(-n2cccc2)nc(NCc2cccc(Cl)c2)n1)NCc1cccc(Cl)c1. The van der Waals surface area contributed by atoms with Gasteiger partial charge in [-0.15, -0.1) is 12.8 Å². The maximum Gasteiger partial charge on any atom is 0.239 e. The molecule has 0 bridgehead atoms. The van der Waals surface area contributed by atoms with Gasteiger partial charge in [0.1, 0.15) is 11.6 Å². The molecule has 1 aliphatic carbocycles. The average Bonchev–Trinajstić information content (AvgIpc) is 3.60. The first-order valence-electron chi connectivity index (χ1n) is 15.0. The van der Waals surface area contributed by atoms with Gasteiger partial charge in [0.05, 0.1) is 6.54 Å². The molecule has 1 amide bonds. The van der Waals surface area contributed by atoms with Gasteiger partial charge in [0, 0.05) is 41.6 Å². The Hall–Kier alpha value is -3.99. The molecule has 3 N–H and O–H groups in total. The topological polar surface area (TPSA) is 83.9 Å². The maximum atomic E-state index is 12.3. The van der Waals surface area contributed by atoms with E-state index in [1.807, 2.05) is 85.4 Å². The highest BCUT2D eigenvalue weighted by molar-refractivity contribution is 6.30. The molecule has 5 rings (SSSR count). The fraction of sp³-hybridized carbons (Fsp3) is 0.343. The third-order valence-corrected chi connectivity index (χ3v) is 7.09. The number of amides is 1. The number of nitrogens with one attached hydrogen (secondary N) is 3. The van der Waals surface area contributed by atoms with Crippen LogP contribution >= 0.6 is 23.2 Å². The molecular weight excluding hydrogens is 591 g/mol. The minimum absolute atomic E-state index is 0.0659. The fourth-order valence-corrected chi connectivity index (χ4v) is 4.87. The molecule has 0 saturated heterocycles. The van der Waals surface area contributed by atoms with E-state index in [4.69, 9.17) is 23.2 Å². The summed E-state index contributed by atoms with van der Waals surface area (Å²) in [5, 5.41) is 10.5. The normalized spacial score (nSPS) is 12.2. The largest absolute Gasteiger partial charge is 0.361 e. The Morgan fingerprint density at radius 3 is 1.98 bits per heavy atom. The van der Waals surface area contributed by atoms with Gasteiger partial charge in [0.15, 0.2) is 0 Å². The Morgan fingerprint density at radius 1 is 0.841 bits per heavy atom. The van der Waals surface area contributed by atoms with E-state index < -0.39 is 0 Å². The number of rotatable bonds is 9. The van der Waals surface area contributed by atoms with Crippen LogP contribution < -0.4 is 16.0 Å². The average molecular weight is 636 g/mol. The van der Waals surface area contributed by atoms with Crippen molar-refractivity contribution in [2.24, 2.45) is 5.92 Å². The first-order valence-corrected chi connectivity index (χ1v) is 15.8. The van der Waals surface area contributed by atoms with Crippen LogP contribution in [0.3, 0.4) is 0 Å². The molecule has 44 heavy (non-hydrogen) atoms. The molecule has 0 atom stereocenters.